The maximum absolute atomic E-state index is 12.4. The van der Waals surface area contributed by atoms with Crippen LogP contribution in [0, 0.1) is 0 Å². The third-order valence-electron chi connectivity index (χ3n) is 4.21. The van der Waals surface area contributed by atoms with Crippen LogP contribution < -0.4 is 4.90 Å². The highest BCUT2D eigenvalue weighted by Crippen LogP contribution is 2.34. The van der Waals surface area contributed by atoms with Gasteiger partial charge >= 0.3 is 0 Å². The Morgan fingerprint density at radius 3 is 1.88 bits per heavy atom. The first kappa shape index (κ1) is 17.0. The molecule has 0 atom stereocenters. The van der Waals surface area contributed by atoms with Crippen LogP contribution in [0.5, 0.6) is 0 Å². The van der Waals surface area contributed by atoms with Crippen molar-refractivity contribution in [3.63, 3.8) is 0 Å². The average Bonchev–Trinajstić information content (AvgIpc) is 2.68. The molecular formula is C23H23NO. The molecule has 0 aliphatic carbocycles. The summed E-state index contributed by atoms with van der Waals surface area (Å²) in [6.07, 6.45) is 2.58. The lowest BCUT2D eigenvalue weighted by Crippen LogP contribution is -2.10. The highest BCUT2D eigenvalue weighted by molar-refractivity contribution is 5.97. The van der Waals surface area contributed by atoms with E-state index >= 15 is 0 Å². The monoisotopic (exact) mass is 329 g/mol. The first-order chi connectivity index (χ1) is 12.3. The summed E-state index contributed by atoms with van der Waals surface area (Å²) >= 11 is 0. The van der Waals surface area contributed by atoms with Gasteiger partial charge in [-0.05, 0) is 42.8 Å². The largest absolute Gasteiger partial charge is 0.310 e. The normalized spacial score (nSPS) is 10.4. The van der Waals surface area contributed by atoms with Crippen LogP contribution in [0.1, 0.15) is 36.5 Å². The van der Waals surface area contributed by atoms with Crippen molar-refractivity contribution in [2.45, 2.75) is 26.2 Å². The van der Waals surface area contributed by atoms with Crippen LogP contribution in [0.3, 0.4) is 0 Å². The van der Waals surface area contributed by atoms with Crippen molar-refractivity contribution >= 4 is 22.8 Å². The van der Waals surface area contributed by atoms with Gasteiger partial charge < -0.3 is 4.90 Å². The summed E-state index contributed by atoms with van der Waals surface area (Å²) in [6, 6.07) is 28.4. The Bertz CT molecular complexity index is 772. The predicted octanol–water partition coefficient (Wildman–Crippen LogP) is 6.53. The van der Waals surface area contributed by atoms with Crippen LogP contribution in [-0.2, 0) is 0 Å². The molecule has 2 nitrogen and oxygen atoms in total. The first-order valence-electron chi connectivity index (χ1n) is 8.83. The minimum absolute atomic E-state index is 0.213. The minimum atomic E-state index is 0.213. The standard InChI is InChI=1S/C23H23NO/c1-2-3-17-23(25)19-11-10-16-22(18-19)24(20-12-6-4-7-13-20)21-14-8-5-9-15-21/h4-16,18H,2-3,17H2,1H3. The molecule has 3 aromatic carbocycles. The van der Waals surface area contributed by atoms with Gasteiger partial charge in [0.25, 0.3) is 0 Å². The van der Waals surface area contributed by atoms with Gasteiger partial charge in [0.2, 0.25) is 0 Å². The van der Waals surface area contributed by atoms with E-state index in [9.17, 15) is 4.79 Å². The van der Waals surface area contributed by atoms with Crippen LogP contribution in [-0.4, -0.2) is 5.78 Å². The van der Waals surface area contributed by atoms with Gasteiger partial charge in [-0.1, -0.05) is 61.9 Å². The van der Waals surface area contributed by atoms with E-state index in [2.05, 4.69) is 42.2 Å². The molecule has 0 bridgehead atoms. The van der Waals surface area contributed by atoms with E-state index in [0.29, 0.717) is 6.42 Å². The lowest BCUT2D eigenvalue weighted by atomic mass is 10.0. The van der Waals surface area contributed by atoms with Crippen LogP contribution in [0.2, 0.25) is 0 Å². The Kier molecular flexibility index (Phi) is 5.63. The molecule has 0 unspecified atom stereocenters. The fourth-order valence-electron chi connectivity index (χ4n) is 2.90. The number of para-hydroxylation sites is 2. The van der Waals surface area contributed by atoms with E-state index in [1.807, 2.05) is 54.6 Å². The van der Waals surface area contributed by atoms with Gasteiger partial charge in [0, 0.05) is 29.0 Å². The number of ketones is 1. The summed E-state index contributed by atoms with van der Waals surface area (Å²) in [6.45, 7) is 2.11. The predicted molar refractivity (Wildman–Crippen MR) is 105 cm³/mol. The molecule has 0 heterocycles. The van der Waals surface area contributed by atoms with Crippen molar-refractivity contribution < 1.29 is 4.79 Å². The molecule has 0 amide bonds. The van der Waals surface area contributed by atoms with Gasteiger partial charge in [0.05, 0.1) is 0 Å². The zero-order valence-corrected chi connectivity index (χ0v) is 14.6. The van der Waals surface area contributed by atoms with Crippen LogP contribution >= 0.6 is 0 Å². The molecule has 0 spiro atoms. The van der Waals surface area contributed by atoms with Gasteiger partial charge in [-0.15, -0.1) is 0 Å². The highest BCUT2D eigenvalue weighted by Gasteiger charge is 2.13. The second-order valence-electron chi connectivity index (χ2n) is 6.08. The number of Topliss-reactive ketones (excluding diaryl/α,β-unsaturated/α-hetero) is 1. The molecule has 0 aliphatic heterocycles. The second kappa shape index (κ2) is 8.29. The lowest BCUT2D eigenvalue weighted by Gasteiger charge is -2.25. The molecule has 3 aromatic rings. The minimum Gasteiger partial charge on any atom is -0.310 e. The molecule has 0 aromatic heterocycles. The average molecular weight is 329 g/mol. The van der Waals surface area contributed by atoms with Gasteiger partial charge in [0.15, 0.2) is 5.78 Å². The SMILES string of the molecule is CCCCC(=O)c1cccc(N(c2ccccc2)c2ccccc2)c1. The van der Waals surface area contributed by atoms with Crippen molar-refractivity contribution in [1.82, 2.24) is 0 Å². The number of rotatable bonds is 7. The molecule has 0 saturated heterocycles. The van der Waals surface area contributed by atoms with Crippen LogP contribution in [0.4, 0.5) is 17.1 Å². The Hall–Kier alpha value is -2.87. The van der Waals surface area contributed by atoms with E-state index in [4.69, 9.17) is 0 Å². The van der Waals surface area contributed by atoms with E-state index in [-0.39, 0.29) is 5.78 Å². The molecule has 3 rings (SSSR count). The third-order valence-corrected chi connectivity index (χ3v) is 4.21. The summed E-state index contributed by atoms with van der Waals surface area (Å²) < 4.78 is 0. The maximum atomic E-state index is 12.4. The molecule has 0 fully saturated rings. The number of carbonyl (C=O) groups is 1. The Balaban J connectivity index is 2.01. The van der Waals surface area contributed by atoms with Crippen molar-refractivity contribution in [3.05, 3.63) is 90.5 Å². The Morgan fingerprint density at radius 1 is 0.760 bits per heavy atom. The quantitative estimate of drug-likeness (QED) is 0.459. The molecule has 0 N–H and O–H groups in total. The topological polar surface area (TPSA) is 20.3 Å². The number of carbonyl (C=O) groups excluding carboxylic acids is 1. The second-order valence-corrected chi connectivity index (χ2v) is 6.08. The Morgan fingerprint density at radius 2 is 1.32 bits per heavy atom. The van der Waals surface area contributed by atoms with E-state index < -0.39 is 0 Å². The maximum Gasteiger partial charge on any atom is 0.162 e. The van der Waals surface area contributed by atoms with Gasteiger partial charge in [0.1, 0.15) is 0 Å². The molecule has 2 heteroatoms. The summed E-state index contributed by atoms with van der Waals surface area (Å²) in [5.74, 6) is 0.213. The number of hydrogen-bond donors (Lipinski definition) is 0. The van der Waals surface area contributed by atoms with Crippen molar-refractivity contribution in [1.29, 1.82) is 0 Å². The number of unbranched alkanes of at least 4 members (excludes halogenated alkanes) is 1. The number of nitrogens with zero attached hydrogens (tertiary/aromatic N) is 1. The fraction of sp³-hybridized carbons (Fsp3) is 0.174. The highest BCUT2D eigenvalue weighted by atomic mass is 16.1. The van der Waals surface area contributed by atoms with Crippen LogP contribution in [0.25, 0.3) is 0 Å². The summed E-state index contributed by atoms with van der Waals surface area (Å²) in [4.78, 5) is 14.6. The van der Waals surface area contributed by atoms with E-state index in [0.717, 1.165) is 35.5 Å². The molecule has 126 valence electrons. The number of hydrogen-bond acceptors (Lipinski definition) is 2. The van der Waals surface area contributed by atoms with Gasteiger partial charge in [-0.25, -0.2) is 0 Å². The zero-order chi connectivity index (χ0) is 17.5. The number of anilines is 3. The fourth-order valence-corrected chi connectivity index (χ4v) is 2.90. The number of benzene rings is 3. The van der Waals surface area contributed by atoms with Crippen molar-refractivity contribution in [2.75, 3.05) is 4.90 Å². The third kappa shape index (κ3) is 4.16. The summed E-state index contributed by atoms with van der Waals surface area (Å²) in [5.41, 5.74) is 3.93. The molecule has 25 heavy (non-hydrogen) atoms. The summed E-state index contributed by atoms with van der Waals surface area (Å²) in [5, 5.41) is 0. The van der Waals surface area contributed by atoms with E-state index in [1.165, 1.54) is 0 Å². The molecule has 0 aliphatic rings. The lowest BCUT2D eigenvalue weighted by molar-refractivity contribution is 0.0980. The molecule has 0 saturated carbocycles. The summed E-state index contributed by atoms with van der Waals surface area (Å²) in [7, 11) is 0. The Labute approximate surface area is 149 Å². The zero-order valence-electron chi connectivity index (χ0n) is 14.6. The molecular weight excluding hydrogens is 306 g/mol. The van der Waals surface area contributed by atoms with Crippen molar-refractivity contribution in [3.8, 4) is 0 Å². The molecule has 0 radical (unpaired) electrons. The van der Waals surface area contributed by atoms with E-state index in [1.54, 1.807) is 0 Å². The van der Waals surface area contributed by atoms with Crippen LogP contribution in [0.15, 0.2) is 84.9 Å². The van der Waals surface area contributed by atoms with Gasteiger partial charge in [-0.2, -0.15) is 0 Å². The smallest absolute Gasteiger partial charge is 0.162 e. The van der Waals surface area contributed by atoms with Crippen molar-refractivity contribution in [2.24, 2.45) is 0 Å². The van der Waals surface area contributed by atoms with Gasteiger partial charge in [-0.3, -0.25) is 4.79 Å². The first-order valence-corrected chi connectivity index (χ1v) is 8.83.